The second-order valence-corrected chi connectivity index (χ2v) is 8.40. The van der Waals surface area contributed by atoms with Crippen molar-refractivity contribution in [2.24, 2.45) is 5.92 Å². The van der Waals surface area contributed by atoms with Gasteiger partial charge in [0.2, 0.25) is 5.91 Å². The van der Waals surface area contributed by atoms with Gasteiger partial charge in [0, 0.05) is 10.4 Å². The molecule has 1 aliphatic rings. The van der Waals surface area contributed by atoms with Crippen LogP contribution in [0.15, 0.2) is 54.7 Å². The van der Waals surface area contributed by atoms with Crippen LogP contribution >= 0.6 is 11.6 Å². The van der Waals surface area contributed by atoms with Crippen molar-refractivity contribution in [1.29, 1.82) is 0 Å². The Bertz CT molecular complexity index is 1030. The van der Waals surface area contributed by atoms with Gasteiger partial charge in [-0.15, -0.1) is 0 Å². The highest BCUT2D eigenvalue weighted by Crippen LogP contribution is 2.25. The number of nitrogens with one attached hydrogen (secondary N) is 1. The zero-order valence-corrected chi connectivity index (χ0v) is 17.6. The molecule has 2 aromatic carbocycles. The quantitative estimate of drug-likeness (QED) is 0.621. The number of halogens is 1. The standard InChI is InChI=1S/C24H26ClN3O2/c25-21-6-5-18(20(12-21)16-29)11-17-7-9-28(10-8-17)15-24(30)27-22-13-19-3-1-2-4-23(19)26-14-22/h1-6,12-14,17,29H,7-11,15-16H2,(H,27,30). The fraction of sp³-hybridized carbons (Fsp3) is 0.333. The summed E-state index contributed by atoms with van der Waals surface area (Å²) in [6.45, 7) is 2.20. The highest BCUT2D eigenvalue weighted by atomic mass is 35.5. The molecular formula is C24H26ClN3O2. The zero-order valence-electron chi connectivity index (χ0n) is 16.9. The van der Waals surface area contributed by atoms with Gasteiger partial charge in [0.05, 0.1) is 30.6 Å². The van der Waals surface area contributed by atoms with Crippen LogP contribution in [-0.4, -0.2) is 40.5 Å². The summed E-state index contributed by atoms with van der Waals surface area (Å²) >= 11 is 6.03. The lowest BCUT2D eigenvalue weighted by Crippen LogP contribution is -2.39. The predicted molar refractivity (Wildman–Crippen MR) is 121 cm³/mol. The third-order valence-electron chi connectivity index (χ3n) is 5.80. The number of rotatable bonds is 6. The molecule has 0 bridgehead atoms. The first kappa shape index (κ1) is 20.8. The molecule has 5 nitrogen and oxygen atoms in total. The monoisotopic (exact) mass is 423 g/mol. The normalized spacial score (nSPS) is 15.4. The summed E-state index contributed by atoms with van der Waals surface area (Å²) in [4.78, 5) is 19.1. The lowest BCUT2D eigenvalue weighted by atomic mass is 9.88. The Morgan fingerprint density at radius 1 is 1.13 bits per heavy atom. The fourth-order valence-electron chi connectivity index (χ4n) is 4.14. The minimum atomic E-state index is -0.00852. The maximum Gasteiger partial charge on any atom is 0.238 e. The van der Waals surface area contributed by atoms with Gasteiger partial charge in [-0.2, -0.15) is 0 Å². The largest absolute Gasteiger partial charge is 0.392 e. The number of fused-ring (bicyclic) bond motifs is 1. The SMILES string of the molecule is O=C(CN1CCC(Cc2ccc(Cl)cc2CO)CC1)Nc1cnc2ccccc2c1. The number of aliphatic hydroxyl groups is 1. The summed E-state index contributed by atoms with van der Waals surface area (Å²) in [5, 5.41) is 14.2. The van der Waals surface area contributed by atoms with Crippen molar-refractivity contribution in [2.45, 2.75) is 25.9 Å². The number of aromatic nitrogens is 1. The van der Waals surface area contributed by atoms with Crippen LogP contribution in [-0.2, 0) is 17.8 Å². The minimum absolute atomic E-state index is 0.00852. The van der Waals surface area contributed by atoms with Gasteiger partial charge >= 0.3 is 0 Å². The average Bonchev–Trinajstić information content (AvgIpc) is 2.76. The number of aliphatic hydroxyl groups excluding tert-OH is 1. The number of carbonyl (C=O) groups is 1. The average molecular weight is 424 g/mol. The molecule has 156 valence electrons. The number of nitrogens with zero attached hydrogens (tertiary/aromatic N) is 2. The highest BCUT2D eigenvalue weighted by Gasteiger charge is 2.22. The second kappa shape index (κ2) is 9.56. The van der Waals surface area contributed by atoms with E-state index < -0.39 is 0 Å². The number of hydrogen-bond acceptors (Lipinski definition) is 4. The molecule has 1 aliphatic heterocycles. The van der Waals surface area contributed by atoms with Crippen molar-refractivity contribution in [3.63, 3.8) is 0 Å². The van der Waals surface area contributed by atoms with E-state index in [1.807, 2.05) is 48.5 Å². The number of anilines is 1. The maximum absolute atomic E-state index is 12.5. The summed E-state index contributed by atoms with van der Waals surface area (Å²) in [7, 11) is 0. The lowest BCUT2D eigenvalue weighted by Gasteiger charge is -2.31. The van der Waals surface area contributed by atoms with Gasteiger partial charge in [-0.05, 0) is 73.7 Å². The topological polar surface area (TPSA) is 65.5 Å². The number of pyridine rings is 1. The van der Waals surface area contributed by atoms with E-state index in [0.717, 1.165) is 54.5 Å². The Balaban J connectivity index is 1.27. The Labute approximate surface area is 181 Å². The Morgan fingerprint density at radius 2 is 1.93 bits per heavy atom. The van der Waals surface area contributed by atoms with Gasteiger partial charge in [0.1, 0.15) is 0 Å². The van der Waals surface area contributed by atoms with Crippen LogP contribution in [0.3, 0.4) is 0 Å². The fourth-order valence-corrected chi connectivity index (χ4v) is 4.34. The van der Waals surface area contributed by atoms with Crippen LogP contribution in [0.5, 0.6) is 0 Å². The molecule has 2 N–H and O–H groups in total. The molecule has 6 heteroatoms. The zero-order chi connectivity index (χ0) is 20.9. The van der Waals surface area contributed by atoms with Gasteiger partial charge < -0.3 is 10.4 Å². The van der Waals surface area contributed by atoms with Crippen molar-refractivity contribution >= 4 is 34.1 Å². The third kappa shape index (κ3) is 5.17. The summed E-state index contributed by atoms with van der Waals surface area (Å²) in [5.74, 6) is 0.547. The number of amides is 1. The molecule has 4 rings (SSSR count). The van der Waals surface area contributed by atoms with Crippen LogP contribution in [0.2, 0.25) is 5.02 Å². The van der Waals surface area contributed by atoms with Crippen molar-refractivity contribution in [3.05, 3.63) is 70.9 Å². The number of piperidine rings is 1. The van der Waals surface area contributed by atoms with E-state index >= 15 is 0 Å². The molecule has 1 aromatic heterocycles. The van der Waals surface area contributed by atoms with E-state index in [-0.39, 0.29) is 12.5 Å². The van der Waals surface area contributed by atoms with Gasteiger partial charge in [-0.1, -0.05) is 35.9 Å². The molecule has 1 saturated heterocycles. The lowest BCUT2D eigenvalue weighted by molar-refractivity contribution is -0.117. The molecule has 2 heterocycles. The van der Waals surface area contributed by atoms with Crippen molar-refractivity contribution in [2.75, 3.05) is 25.0 Å². The van der Waals surface area contributed by atoms with Crippen LogP contribution < -0.4 is 5.32 Å². The predicted octanol–water partition coefficient (Wildman–Crippen LogP) is 4.27. The van der Waals surface area contributed by atoms with Gasteiger partial charge in [0.15, 0.2) is 0 Å². The highest BCUT2D eigenvalue weighted by molar-refractivity contribution is 6.30. The van der Waals surface area contributed by atoms with Crippen molar-refractivity contribution in [1.82, 2.24) is 9.88 Å². The van der Waals surface area contributed by atoms with Gasteiger partial charge in [-0.3, -0.25) is 14.7 Å². The van der Waals surface area contributed by atoms with Crippen molar-refractivity contribution in [3.8, 4) is 0 Å². The summed E-state index contributed by atoms with van der Waals surface area (Å²) in [6.07, 6.45) is 4.73. The number of likely N-dealkylation sites (tertiary alicyclic amines) is 1. The molecule has 3 aromatic rings. The van der Waals surface area contributed by atoms with Crippen molar-refractivity contribution < 1.29 is 9.90 Å². The third-order valence-corrected chi connectivity index (χ3v) is 6.03. The number of para-hydroxylation sites is 1. The van der Waals surface area contributed by atoms with Crippen LogP contribution in [0.25, 0.3) is 10.9 Å². The summed E-state index contributed by atoms with van der Waals surface area (Å²) in [5.41, 5.74) is 3.73. The summed E-state index contributed by atoms with van der Waals surface area (Å²) in [6, 6.07) is 15.6. The van der Waals surface area contributed by atoms with E-state index in [4.69, 9.17) is 11.6 Å². The molecular weight excluding hydrogens is 398 g/mol. The van der Waals surface area contributed by atoms with E-state index in [2.05, 4.69) is 15.2 Å². The smallest absolute Gasteiger partial charge is 0.238 e. The van der Waals surface area contributed by atoms with E-state index in [0.29, 0.717) is 17.5 Å². The molecule has 0 radical (unpaired) electrons. The molecule has 0 unspecified atom stereocenters. The van der Waals surface area contributed by atoms with E-state index in [1.54, 1.807) is 6.20 Å². The minimum Gasteiger partial charge on any atom is -0.392 e. The molecule has 0 spiro atoms. The molecule has 0 saturated carbocycles. The van der Waals surface area contributed by atoms with Crippen LogP contribution in [0.1, 0.15) is 24.0 Å². The van der Waals surface area contributed by atoms with Gasteiger partial charge in [0.25, 0.3) is 0 Å². The molecule has 30 heavy (non-hydrogen) atoms. The molecule has 0 aliphatic carbocycles. The Morgan fingerprint density at radius 3 is 2.73 bits per heavy atom. The number of carbonyl (C=O) groups excluding carboxylic acids is 1. The molecule has 1 amide bonds. The molecule has 0 atom stereocenters. The van der Waals surface area contributed by atoms with E-state index in [1.165, 1.54) is 5.56 Å². The first-order chi connectivity index (χ1) is 14.6. The van der Waals surface area contributed by atoms with Crippen LogP contribution in [0, 0.1) is 5.92 Å². The second-order valence-electron chi connectivity index (χ2n) is 7.96. The maximum atomic E-state index is 12.5. The number of hydrogen-bond donors (Lipinski definition) is 2. The Hall–Kier alpha value is -2.47. The van der Waals surface area contributed by atoms with Gasteiger partial charge in [-0.25, -0.2) is 0 Å². The molecule has 1 fully saturated rings. The first-order valence-corrected chi connectivity index (χ1v) is 10.7. The number of benzene rings is 2. The summed E-state index contributed by atoms with van der Waals surface area (Å²) < 4.78 is 0. The Kier molecular flexibility index (Phi) is 6.62. The first-order valence-electron chi connectivity index (χ1n) is 10.4. The van der Waals surface area contributed by atoms with E-state index in [9.17, 15) is 9.90 Å². The van der Waals surface area contributed by atoms with Crippen LogP contribution in [0.4, 0.5) is 5.69 Å².